The highest BCUT2D eigenvalue weighted by atomic mass is 32.2. The molecule has 0 aliphatic carbocycles. The number of nitrogens with zero attached hydrogens (tertiary/aromatic N) is 7. The number of oxazole rings is 1. The van der Waals surface area contributed by atoms with Crippen LogP contribution in [0.25, 0.3) is 17.1 Å². The topological polar surface area (TPSA) is 110 Å². The van der Waals surface area contributed by atoms with Crippen LogP contribution in [0.4, 0.5) is 5.82 Å². The molecule has 1 aliphatic rings. The summed E-state index contributed by atoms with van der Waals surface area (Å²) >= 11 is 0. The second kappa shape index (κ2) is 8.90. The zero-order valence-corrected chi connectivity index (χ0v) is 20.9. The third kappa shape index (κ3) is 4.56. The second-order valence-electron chi connectivity index (χ2n) is 8.64. The van der Waals surface area contributed by atoms with Crippen LogP contribution in [0.5, 0.6) is 0 Å². The van der Waals surface area contributed by atoms with E-state index in [1.54, 1.807) is 42.1 Å². The van der Waals surface area contributed by atoms with E-state index in [-0.39, 0.29) is 4.90 Å². The molecule has 182 valence electrons. The van der Waals surface area contributed by atoms with Crippen molar-refractivity contribution >= 4 is 15.8 Å². The van der Waals surface area contributed by atoms with Gasteiger partial charge in [0.2, 0.25) is 10.0 Å². The van der Waals surface area contributed by atoms with Gasteiger partial charge in [0.25, 0.3) is 0 Å². The van der Waals surface area contributed by atoms with E-state index in [4.69, 9.17) is 4.42 Å². The van der Waals surface area contributed by atoms with Gasteiger partial charge in [-0.3, -0.25) is 0 Å². The minimum atomic E-state index is -3.61. The molecule has 10 nitrogen and oxygen atoms in total. The summed E-state index contributed by atoms with van der Waals surface area (Å²) in [6, 6.07) is 10.7. The van der Waals surface area contributed by atoms with E-state index >= 15 is 0 Å². The lowest BCUT2D eigenvalue weighted by atomic mass is 10.2. The van der Waals surface area contributed by atoms with Crippen LogP contribution in [0.15, 0.2) is 52.0 Å². The molecule has 0 N–H and O–H groups in total. The number of piperazine rings is 1. The molecule has 1 aromatic carbocycles. The van der Waals surface area contributed by atoms with Gasteiger partial charge in [-0.2, -0.15) is 9.40 Å². The Hall–Kier alpha value is -3.57. The van der Waals surface area contributed by atoms with Crippen molar-refractivity contribution in [1.82, 2.24) is 29.0 Å². The first kappa shape index (κ1) is 23.2. The number of anilines is 1. The Balaban J connectivity index is 1.31. The molecule has 1 fully saturated rings. The molecule has 11 heteroatoms. The van der Waals surface area contributed by atoms with Crippen LogP contribution >= 0.6 is 0 Å². The van der Waals surface area contributed by atoms with Crippen molar-refractivity contribution in [3.63, 3.8) is 0 Å². The number of sulfonamides is 1. The second-order valence-corrected chi connectivity index (χ2v) is 10.6. The van der Waals surface area contributed by atoms with Crippen LogP contribution in [0.3, 0.4) is 0 Å². The molecule has 1 aliphatic heterocycles. The number of benzene rings is 1. The largest absolute Gasteiger partial charge is 0.449 e. The van der Waals surface area contributed by atoms with Crippen molar-refractivity contribution in [1.29, 1.82) is 0 Å². The Bertz CT molecular complexity index is 1470. The summed E-state index contributed by atoms with van der Waals surface area (Å²) in [6.07, 6.45) is 1.56. The lowest BCUT2D eigenvalue weighted by Gasteiger charge is -2.34. The van der Waals surface area contributed by atoms with Crippen molar-refractivity contribution in [3.05, 3.63) is 65.8 Å². The van der Waals surface area contributed by atoms with Crippen molar-refractivity contribution in [2.75, 3.05) is 31.1 Å². The summed E-state index contributed by atoms with van der Waals surface area (Å²) < 4.78 is 35.1. The van der Waals surface area contributed by atoms with Gasteiger partial charge >= 0.3 is 0 Å². The zero-order chi connectivity index (χ0) is 24.7. The summed E-state index contributed by atoms with van der Waals surface area (Å²) in [5.41, 5.74) is 3.40. The van der Waals surface area contributed by atoms with Crippen LogP contribution in [0.1, 0.15) is 23.1 Å². The minimum absolute atomic E-state index is 0.264. The fourth-order valence-electron chi connectivity index (χ4n) is 4.27. The van der Waals surface area contributed by atoms with E-state index in [2.05, 4.69) is 25.0 Å². The van der Waals surface area contributed by atoms with Gasteiger partial charge in [0.05, 0.1) is 10.6 Å². The Morgan fingerprint density at radius 2 is 1.54 bits per heavy atom. The average Bonchev–Trinajstić information content (AvgIpc) is 3.43. The number of aryl methyl sites for hydroxylation is 4. The van der Waals surface area contributed by atoms with Crippen LogP contribution < -0.4 is 4.90 Å². The van der Waals surface area contributed by atoms with Crippen molar-refractivity contribution in [2.45, 2.75) is 32.6 Å². The van der Waals surface area contributed by atoms with Gasteiger partial charge in [-0.05, 0) is 39.0 Å². The normalized spacial score (nSPS) is 15.0. The van der Waals surface area contributed by atoms with E-state index < -0.39 is 10.0 Å². The van der Waals surface area contributed by atoms with Crippen LogP contribution in [-0.2, 0) is 10.0 Å². The summed E-state index contributed by atoms with van der Waals surface area (Å²) in [5.74, 6) is 2.68. The molecule has 0 bridgehead atoms. The monoisotopic (exact) mass is 493 g/mol. The maximum Gasteiger partial charge on any atom is 0.243 e. The molecular formula is C24H27N7O3S. The fraction of sp³-hybridized carbons (Fsp3) is 0.333. The molecule has 0 radical (unpaired) electrons. The lowest BCUT2D eigenvalue weighted by Crippen LogP contribution is -2.49. The van der Waals surface area contributed by atoms with Gasteiger partial charge in [-0.15, -0.1) is 0 Å². The van der Waals surface area contributed by atoms with Crippen molar-refractivity contribution in [3.8, 4) is 17.1 Å². The third-order valence-corrected chi connectivity index (χ3v) is 7.92. The zero-order valence-electron chi connectivity index (χ0n) is 20.1. The molecule has 0 amide bonds. The number of aromatic nitrogens is 5. The van der Waals surface area contributed by atoms with E-state index in [0.717, 1.165) is 22.8 Å². The molecule has 3 aromatic heterocycles. The van der Waals surface area contributed by atoms with E-state index in [0.29, 0.717) is 49.4 Å². The molecular weight excluding hydrogens is 466 g/mol. The molecule has 0 atom stereocenters. The Morgan fingerprint density at radius 3 is 2.14 bits per heavy atom. The predicted molar refractivity (Wildman–Crippen MR) is 131 cm³/mol. The van der Waals surface area contributed by atoms with Gasteiger partial charge in [0.1, 0.15) is 23.6 Å². The SMILES string of the molecule is Cc1cc(C)n(-c2cc(N3CCN(S(=O)(=O)c4ccc(-c5coc(C)n5)cc4)CC3)nc(C)n2)n1. The summed E-state index contributed by atoms with van der Waals surface area (Å²) in [7, 11) is -3.61. The summed E-state index contributed by atoms with van der Waals surface area (Å²) in [6.45, 7) is 9.34. The molecule has 1 saturated heterocycles. The molecule has 4 heterocycles. The van der Waals surface area contributed by atoms with E-state index in [1.165, 1.54) is 4.31 Å². The molecule has 0 spiro atoms. The number of hydrogen-bond donors (Lipinski definition) is 0. The highest BCUT2D eigenvalue weighted by Gasteiger charge is 2.29. The third-order valence-electron chi connectivity index (χ3n) is 6.01. The number of rotatable bonds is 5. The van der Waals surface area contributed by atoms with E-state index in [9.17, 15) is 8.42 Å². The van der Waals surface area contributed by atoms with Crippen LogP contribution in [-0.4, -0.2) is 63.6 Å². The maximum atomic E-state index is 13.3. The first-order valence-corrected chi connectivity index (χ1v) is 12.8. The molecule has 5 rings (SSSR count). The smallest absolute Gasteiger partial charge is 0.243 e. The van der Waals surface area contributed by atoms with Gasteiger partial charge in [-0.25, -0.2) is 28.1 Å². The van der Waals surface area contributed by atoms with Crippen LogP contribution in [0, 0.1) is 27.7 Å². The average molecular weight is 494 g/mol. The first-order chi connectivity index (χ1) is 16.7. The Labute approximate surface area is 204 Å². The standard InChI is InChI=1S/C24H27N7O3S/c1-16-13-17(2)31(28-16)24-14-23(25-18(3)26-24)29-9-11-30(12-10-29)35(32,33)21-7-5-20(6-8-21)22-15-34-19(4)27-22/h5-8,13-15H,9-12H2,1-4H3. The predicted octanol–water partition coefficient (Wildman–Crippen LogP) is 3.06. The molecule has 4 aromatic rings. The summed E-state index contributed by atoms with van der Waals surface area (Å²) in [5, 5.41) is 4.52. The highest BCUT2D eigenvalue weighted by Crippen LogP contribution is 2.25. The van der Waals surface area contributed by atoms with Gasteiger partial charge in [0, 0.05) is 50.4 Å². The highest BCUT2D eigenvalue weighted by molar-refractivity contribution is 7.89. The van der Waals surface area contributed by atoms with Crippen LogP contribution in [0.2, 0.25) is 0 Å². The fourth-order valence-corrected chi connectivity index (χ4v) is 5.69. The Morgan fingerprint density at radius 1 is 0.857 bits per heavy atom. The van der Waals surface area contributed by atoms with Crippen molar-refractivity contribution in [2.24, 2.45) is 0 Å². The lowest BCUT2D eigenvalue weighted by molar-refractivity contribution is 0.383. The molecule has 0 saturated carbocycles. The molecule has 35 heavy (non-hydrogen) atoms. The minimum Gasteiger partial charge on any atom is -0.449 e. The molecule has 0 unspecified atom stereocenters. The number of hydrogen-bond acceptors (Lipinski definition) is 8. The summed E-state index contributed by atoms with van der Waals surface area (Å²) in [4.78, 5) is 15.8. The first-order valence-electron chi connectivity index (χ1n) is 11.4. The van der Waals surface area contributed by atoms with Gasteiger partial charge in [-0.1, -0.05) is 12.1 Å². The quantitative estimate of drug-likeness (QED) is 0.417. The maximum absolute atomic E-state index is 13.3. The Kier molecular flexibility index (Phi) is 5.89. The van der Waals surface area contributed by atoms with Gasteiger partial charge in [0.15, 0.2) is 11.7 Å². The van der Waals surface area contributed by atoms with Gasteiger partial charge < -0.3 is 9.32 Å². The van der Waals surface area contributed by atoms with E-state index in [1.807, 2.05) is 32.9 Å². The van der Waals surface area contributed by atoms with Crippen molar-refractivity contribution < 1.29 is 12.8 Å².